The minimum absolute atomic E-state index is 0.499. The zero-order valence-corrected chi connectivity index (χ0v) is 33.5. The monoisotopic (exact) mass is 776 g/mol. The summed E-state index contributed by atoms with van der Waals surface area (Å²) in [6.07, 6.45) is 0. The van der Waals surface area contributed by atoms with Gasteiger partial charge in [-0.3, -0.25) is 0 Å². The van der Waals surface area contributed by atoms with E-state index in [9.17, 15) is 0 Å². The van der Waals surface area contributed by atoms with Crippen LogP contribution in [-0.4, -0.2) is 9.97 Å². The molecular weight excluding hydrogens is 737 g/mol. The number of benzene rings is 9. The minimum atomic E-state index is -0.499. The van der Waals surface area contributed by atoms with Gasteiger partial charge in [-0.1, -0.05) is 206 Å². The molecule has 2 heteroatoms. The summed E-state index contributed by atoms with van der Waals surface area (Å²) in [5.41, 5.74) is 18.7. The van der Waals surface area contributed by atoms with Gasteiger partial charge in [-0.05, 0) is 103 Å². The van der Waals surface area contributed by atoms with Gasteiger partial charge in [0.25, 0.3) is 0 Å². The molecule has 11 rings (SSSR count). The van der Waals surface area contributed by atoms with Crippen molar-refractivity contribution in [1.29, 1.82) is 0 Å². The standard InChI is InChI=1S/C59H40N2/c1-5-19-41(20-6-1)44-25-17-27-46(35-44)57-40-56(43-23-9-3-10-24-43)60-58(61-57)49-37-47(42-21-7-2-8-22-42)36-48(38-49)45-26-18-30-51(39-45)59(50-28-11-4-12-29-50)54-33-15-13-31-52(54)53-32-14-16-34-55(53)59/h1-40H. The summed E-state index contributed by atoms with van der Waals surface area (Å²) in [7, 11) is 0. The fourth-order valence-corrected chi connectivity index (χ4v) is 9.33. The molecule has 9 aromatic carbocycles. The summed E-state index contributed by atoms with van der Waals surface area (Å²) in [6, 6.07) is 87.2. The maximum absolute atomic E-state index is 5.37. The molecule has 0 saturated carbocycles. The zero-order chi connectivity index (χ0) is 40.6. The fraction of sp³-hybridized carbons (Fsp3) is 0.0169. The quantitative estimate of drug-likeness (QED) is 0.154. The molecule has 2 nitrogen and oxygen atoms in total. The predicted octanol–water partition coefficient (Wildman–Crippen LogP) is 14.8. The molecule has 0 atom stereocenters. The lowest BCUT2D eigenvalue weighted by Crippen LogP contribution is -2.28. The van der Waals surface area contributed by atoms with E-state index in [4.69, 9.17) is 9.97 Å². The van der Waals surface area contributed by atoms with Crippen LogP contribution in [0, 0.1) is 0 Å². The summed E-state index contributed by atoms with van der Waals surface area (Å²) in [5.74, 6) is 0.677. The van der Waals surface area contributed by atoms with Gasteiger partial charge >= 0.3 is 0 Å². The van der Waals surface area contributed by atoms with Crippen molar-refractivity contribution in [2.45, 2.75) is 5.41 Å². The molecule has 1 aliphatic rings. The van der Waals surface area contributed by atoms with Gasteiger partial charge < -0.3 is 0 Å². The van der Waals surface area contributed by atoms with Crippen molar-refractivity contribution < 1.29 is 0 Å². The van der Waals surface area contributed by atoms with Crippen LogP contribution in [0.3, 0.4) is 0 Å². The second-order valence-electron chi connectivity index (χ2n) is 15.7. The van der Waals surface area contributed by atoms with E-state index in [-0.39, 0.29) is 0 Å². The highest BCUT2D eigenvalue weighted by Crippen LogP contribution is 2.56. The number of aromatic nitrogens is 2. The van der Waals surface area contributed by atoms with E-state index in [2.05, 4.69) is 237 Å². The lowest BCUT2D eigenvalue weighted by molar-refractivity contribution is 0.769. The Hall–Kier alpha value is -7.94. The molecule has 0 N–H and O–H groups in total. The highest BCUT2D eigenvalue weighted by molar-refractivity contribution is 5.88. The van der Waals surface area contributed by atoms with E-state index in [1.165, 1.54) is 38.9 Å². The van der Waals surface area contributed by atoms with Crippen LogP contribution >= 0.6 is 0 Å². The van der Waals surface area contributed by atoms with Crippen LogP contribution in [0.25, 0.3) is 78.4 Å². The lowest BCUT2D eigenvalue weighted by Gasteiger charge is -2.34. The second-order valence-corrected chi connectivity index (χ2v) is 15.7. The van der Waals surface area contributed by atoms with Crippen LogP contribution in [0.15, 0.2) is 243 Å². The first-order valence-corrected chi connectivity index (χ1v) is 20.9. The summed E-state index contributed by atoms with van der Waals surface area (Å²) in [4.78, 5) is 10.7. The highest BCUT2D eigenvalue weighted by Gasteiger charge is 2.45. The first-order valence-electron chi connectivity index (χ1n) is 20.9. The largest absolute Gasteiger partial charge is 0.228 e. The Bertz CT molecular complexity index is 3130. The first-order chi connectivity index (χ1) is 30.2. The van der Waals surface area contributed by atoms with E-state index in [0.29, 0.717) is 5.82 Å². The van der Waals surface area contributed by atoms with Crippen molar-refractivity contribution in [2.75, 3.05) is 0 Å². The lowest BCUT2D eigenvalue weighted by atomic mass is 9.67. The van der Waals surface area contributed by atoms with Crippen LogP contribution in [0.4, 0.5) is 0 Å². The van der Waals surface area contributed by atoms with Gasteiger partial charge in [0.1, 0.15) is 0 Å². The Kier molecular flexibility index (Phi) is 9.09. The van der Waals surface area contributed by atoms with Crippen molar-refractivity contribution in [3.8, 4) is 78.4 Å². The van der Waals surface area contributed by atoms with Gasteiger partial charge in [-0.2, -0.15) is 0 Å². The molecule has 61 heavy (non-hydrogen) atoms. The van der Waals surface area contributed by atoms with Crippen molar-refractivity contribution in [3.63, 3.8) is 0 Å². The smallest absolute Gasteiger partial charge is 0.160 e. The Labute approximate surface area is 357 Å². The molecule has 0 bridgehead atoms. The van der Waals surface area contributed by atoms with Gasteiger partial charge in [0.05, 0.1) is 16.8 Å². The first kappa shape index (κ1) is 36.2. The summed E-state index contributed by atoms with van der Waals surface area (Å²) < 4.78 is 0. The summed E-state index contributed by atoms with van der Waals surface area (Å²) >= 11 is 0. The average molecular weight is 777 g/mol. The van der Waals surface area contributed by atoms with Crippen LogP contribution in [0.2, 0.25) is 0 Å². The van der Waals surface area contributed by atoms with Gasteiger partial charge in [0.2, 0.25) is 0 Å². The molecular formula is C59H40N2. The SMILES string of the molecule is c1ccc(-c2cccc(-c3cc(-c4ccccc4)nc(-c4cc(-c5ccccc5)cc(-c5cccc(C6(c7ccccc7)c7ccccc7-c7ccccc76)c5)c4)n3)c2)cc1. The van der Waals surface area contributed by atoms with Crippen molar-refractivity contribution in [1.82, 2.24) is 9.97 Å². The van der Waals surface area contributed by atoms with Gasteiger partial charge in [0.15, 0.2) is 5.82 Å². The third-order valence-electron chi connectivity index (χ3n) is 12.1. The number of nitrogens with zero attached hydrogens (tertiary/aromatic N) is 2. The summed E-state index contributed by atoms with van der Waals surface area (Å²) in [6.45, 7) is 0. The van der Waals surface area contributed by atoms with Gasteiger partial charge in [-0.25, -0.2) is 9.97 Å². The average Bonchev–Trinajstić information content (AvgIpc) is 3.66. The molecule has 0 spiro atoms. The predicted molar refractivity (Wildman–Crippen MR) is 252 cm³/mol. The molecule has 0 aliphatic heterocycles. The topological polar surface area (TPSA) is 25.8 Å². The molecule has 0 fully saturated rings. The number of hydrogen-bond acceptors (Lipinski definition) is 2. The Balaban J connectivity index is 1.12. The summed E-state index contributed by atoms with van der Waals surface area (Å²) in [5, 5.41) is 0. The second kappa shape index (κ2) is 15.3. The van der Waals surface area contributed by atoms with Gasteiger partial charge in [0, 0.05) is 16.7 Å². The fourth-order valence-electron chi connectivity index (χ4n) is 9.33. The number of fused-ring (bicyclic) bond motifs is 3. The molecule has 1 heterocycles. The number of hydrogen-bond donors (Lipinski definition) is 0. The van der Waals surface area contributed by atoms with E-state index in [0.717, 1.165) is 55.9 Å². The molecule has 1 aromatic heterocycles. The highest BCUT2D eigenvalue weighted by atomic mass is 14.9. The molecule has 0 unspecified atom stereocenters. The van der Waals surface area contributed by atoms with Crippen LogP contribution < -0.4 is 0 Å². The Morgan fingerprint density at radius 2 is 0.639 bits per heavy atom. The Morgan fingerprint density at radius 3 is 1.26 bits per heavy atom. The van der Waals surface area contributed by atoms with E-state index < -0.39 is 5.41 Å². The molecule has 0 radical (unpaired) electrons. The molecule has 0 saturated heterocycles. The number of rotatable bonds is 8. The molecule has 10 aromatic rings. The maximum Gasteiger partial charge on any atom is 0.160 e. The normalized spacial score (nSPS) is 12.4. The minimum Gasteiger partial charge on any atom is -0.228 e. The van der Waals surface area contributed by atoms with Crippen molar-refractivity contribution >= 4 is 0 Å². The van der Waals surface area contributed by atoms with E-state index >= 15 is 0 Å². The van der Waals surface area contributed by atoms with Crippen molar-refractivity contribution in [3.05, 3.63) is 265 Å². The molecule has 286 valence electrons. The van der Waals surface area contributed by atoms with Gasteiger partial charge in [-0.15, -0.1) is 0 Å². The Morgan fingerprint density at radius 1 is 0.246 bits per heavy atom. The third kappa shape index (κ3) is 6.46. The third-order valence-corrected chi connectivity index (χ3v) is 12.1. The maximum atomic E-state index is 5.37. The van der Waals surface area contributed by atoms with E-state index in [1.54, 1.807) is 0 Å². The molecule has 0 amide bonds. The van der Waals surface area contributed by atoms with Crippen LogP contribution in [-0.2, 0) is 5.41 Å². The van der Waals surface area contributed by atoms with Crippen molar-refractivity contribution in [2.24, 2.45) is 0 Å². The van der Waals surface area contributed by atoms with Crippen LogP contribution in [0.5, 0.6) is 0 Å². The zero-order valence-electron chi connectivity index (χ0n) is 33.5. The van der Waals surface area contributed by atoms with E-state index in [1.807, 2.05) is 6.07 Å². The van der Waals surface area contributed by atoms with Crippen LogP contribution in [0.1, 0.15) is 22.3 Å². The molecule has 1 aliphatic carbocycles.